The van der Waals surface area contributed by atoms with Crippen LogP contribution in [0, 0.1) is 12.7 Å². The van der Waals surface area contributed by atoms with Crippen molar-refractivity contribution >= 4 is 23.4 Å². The molecule has 0 spiro atoms. The molecule has 0 fully saturated rings. The van der Waals surface area contributed by atoms with Crippen LogP contribution in [0.15, 0.2) is 66.7 Å². The molecule has 0 bridgehead atoms. The average molecular weight is 419 g/mol. The van der Waals surface area contributed by atoms with E-state index in [1.54, 1.807) is 37.3 Å². The van der Waals surface area contributed by atoms with E-state index in [0.717, 1.165) is 5.56 Å². The molecule has 1 aromatic heterocycles. The van der Waals surface area contributed by atoms with Crippen LogP contribution in [0.3, 0.4) is 0 Å². The highest BCUT2D eigenvalue weighted by atomic mass is 19.1. The molecular weight excluding hydrogens is 401 g/mol. The minimum atomic E-state index is -1.39. The molecule has 156 valence electrons. The van der Waals surface area contributed by atoms with E-state index in [2.05, 4.69) is 10.3 Å². The van der Waals surface area contributed by atoms with Gasteiger partial charge in [-0.15, -0.1) is 5.06 Å². The zero-order valence-corrected chi connectivity index (χ0v) is 16.5. The Morgan fingerprint density at radius 2 is 1.77 bits per heavy atom. The Labute approximate surface area is 177 Å². The van der Waals surface area contributed by atoms with Crippen LogP contribution in [0.5, 0.6) is 0 Å². The van der Waals surface area contributed by atoms with Crippen LogP contribution in [-0.2, 0) is 21.0 Å². The molecule has 0 saturated heterocycles. The third-order valence-corrected chi connectivity index (χ3v) is 4.78. The zero-order chi connectivity index (χ0) is 22.0. The fraction of sp³-hybridized carbons (Fsp3) is 0.130. The highest BCUT2D eigenvalue weighted by molar-refractivity contribution is 6.20. The number of halogens is 1. The Balaban J connectivity index is 1.65. The third-order valence-electron chi connectivity index (χ3n) is 4.78. The topological polar surface area (TPSA) is 88.6 Å². The van der Waals surface area contributed by atoms with E-state index in [-0.39, 0.29) is 17.9 Å². The minimum absolute atomic E-state index is 0.0285. The van der Waals surface area contributed by atoms with Gasteiger partial charge in [0, 0.05) is 11.4 Å². The van der Waals surface area contributed by atoms with E-state index in [1.807, 2.05) is 6.07 Å². The summed E-state index contributed by atoms with van der Waals surface area (Å²) in [5, 5.41) is 3.19. The summed E-state index contributed by atoms with van der Waals surface area (Å²) in [6, 6.07) is 17.3. The number of carbonyl (C=O) groups excluding carboxylic acids is 3. The Bertz CT molecular complexity index is 1150. The lowest BCUT2D eigenvalue weighted by molar-refractivity contribution is -0.177. The van der Waals surface area contributed by atoms with Crippen LogP contribution in [0.4, 0.5) is 10.1 Å². The predicted molar refractivity (Wildman–Crippen MR) is 109 cm³/mol. The number of amides is 3. The van der Waals surface area contributed by atoms with Crippen molar-refractivity contribution < 1.29 is 23.6 Å². The first kappa shape index (κ1) is 20.4. The van der Waals surface area contributed by atoms with Gasteiger partial charge in [-0.3, -0.25) is 24.2 Å². The number of rotatable bonds is 5. The summed E-state index contributed by atoms with van der Waals surface area (Å²) < 4.78 is 13.2. The quantitative estimate of drug-likeness (QED) is 0.506. The number of aromatic nitrogens is 1. The van der Waals surface area contributed by atoms with Gasteiger partial charge in [0.05, 0.1) is 11.3 Å². The summed E-state index contributed by atoms with van der Waals surface area (Å²) in [4.78, 5) is 48.8. The summed E-state index contributed by atoms with van der Waals surface area (Å²) in [5.74, 6) is -4.08. The monoisotopic (exact) mass is 419 g/mol. The average Bonchev–Trinajstić information content (AvgIpc) is 2.76. The molecule has 1 atom stereocenters. The number of fused-ring (bicyclic) bond motifs is 1. The van der Waals surface area contributed by atoms with Crippen molar-refractivity contribution in [3.05, 3.63) is 95.1 Å². The largest absolute Gasteiger partial charge is 0.325 e. The summed E-state index contributed by atoms with van der Waals surface area (Å²) in [5.41, 5.74) is 1.79. The first-order chi connectivity index (χ1) is 14.9. The molecule has 2 heterocycles. The van der Waals surface area contributed by atoms with Gasteiger partial charge < -0.3 is 5.32 Å². The number of aryl methyl sites for hydroxylation is 1. The van der Waals surface area contributed by atoms with Gasteiger partial charge in [-0.05, 0) is 48.9 Å². The maximum atomic E-state index is 13.2. The van der Waals surface area contributed by atoms with E-state index in [9.17, 15) is 18.8 Å². The molecular formula is C23H18FN3O4. The van der Waals surface area contributed by atoms with Crippen molar-refractivity contribution in [1.29, 1.82) is 0 Å². The van der Waals surface area contributed by atoms with Crippen LogP contribution in [-0.4, -0.2) is 27.8 Å². The molecule has 1 aliphatic heterocycles. The standard InChI is InChI=1S/C23H18FN3O4/c1-14-7-12-18-20(25-14)19(21(28)26-17-10-8-16(24)9-11-17)23(30)27(22(18)29)31-13-15-5-3-2-4-6-15/h2-12,19H,13H2,1H3,(H,26,28). The first-order valence-electron chi connectivity index (χ1n) is 9.53. The Morgan fingerprint density at radius 1 is 1.06 bits per heavy atom. The van der Waals surface area contributed by atoms with Gasteiger partial charge in [-0.25, -0.2) is 4.39 Å². The van der Waals surface area contributed by atoms with E-state index >= 15 is 0 Å². The fourth-order valence-corrected chi connectivity index (χ4v) is 3.24. The molecule has 2 aromatic carbocycles. The van der Waals surface area contributed by atoms with Crippen LogP contribution in [0.2, 0.25) is 0 Å². The molecule has 31 heavy (non-hydrogen) atoms. The van der Waals surface area contributed by atoms with Crippen LogP contribution in [0.25, 0.3) is 0 Å². The number of hydrogen-bond acceptors (Lipinski definition) is 5. The van der Waals surface area contributed by atoms with E-state index in [4.69, 9.17) is 4.84 Å². The maximum absolute atomic E-state index is 13.2. The number of hydroxylamine groups is 2. The molecule has 4 rings (SSSR count). The first-order valence-corrected chi connectivity index (χ1v) is 9.53. The zero-order valence-electron chi connectivity index (χ0n) is 16.5. The van der Waals surface area contributed by atoms with Gasteiger partial charge in [0.2, 0.25) is 5.91 Å². The number of hydrogen-bond donors (Lipinski definition) is 1. The SMILES string of the molecule is Cc1ccc2c(n1)C(C(=O)Nc1ccc(F)cc1)C(=O)N(OCc1ccccc1)C2=O. The lowest BCUT2D eigenvalue weighted by atomic mass is 9.93. The smallest absolute Gasteiger partial charge is 0.286 e. The number of carbonyl (C=O) groups is 3. The molecule has 7 nitrogen and oxygen atoms in total. The normalized spacial score (nSPS) is 15.5. The molecule has 0 saturated carbocycles. The van der Waals surface area contributed by atoms with E-state index < -0.39 is 29.5 Å². The second kappa shape index (κ2) is 8.45. The minimum Gasteiger partial charge on any atom is -0.325 e. The molecule has 1 N–H and O–H groups in total. The maximum Gasteiger partial charge on any atom is 0.286 e. The number of benzene rings is 2. The second-order valence-electron chi connectivity index (χ2n) is 7.01. The van der Waals surface area contributed by atoms with Crippen LogP contribution >= 0.6 is 0 Å². The van der Waals surface area contributed by atoms with Crippen molar-refractivity contribution in [3.63, 3.8) is 0 Å². The van der Waals surface area contributed by atoms with Gasteiger partial charge >= 0.3 is 0 Å². The molecule has 0 aliphatic carbocycles. The van der Waals surface area contributed by atoms with Gasteiger partial charge in [-0.2, -0.15) is 0 Å². The number of nitrogens with one attached hydrogen (secondary N) is 1. The Kier molecular flexibility index (Phi) is 5.55. The van der Waals surface area contributed by atoms with Crippen molar-refractivity contribution in [1.82, 2.24) is 10.0 Å². The lowest BCUT2D eigenvalue weighted by Gasteiger charge is -2.30. The van der Waals surface area contributed by atoms with Crippen molar-refractivity contribution in [3.8, 4) is 0 Å². The Morgan fingerprint density at radius 3 is 2.48 bits per heavy atom. The number of pyridine rings is 1. The van der Waals surface area contributed by atoms with Gasteiger partial charge in [0.15, 0.2) is 5.92 Å². The van der Waals surface area contributed by atoms with Crippen LogP contribution < -0.4 is 5.32 Å². The Hall–Kier alpha value is -3.91. The molecule has 1 aliphatic rings. The predicted octanol–water partition coefficient (Wildman–Crippen LogP) is 3.37. The number of anilines is 1. The summed E-state index contributed by atoms with van der Waals surface area (Å²) >= 11 is 0. The van der Waals surface area contributed by atoms with Gasteiger partial charge in [-0.1, -0.05) is 30.3 Å². The highest BCUT2D eigenvalue weighted by Crippen LogP contribution is 2.30. The van der Waals surface area contributed by atoms with Crippen molar-refractivity contribution in [2.75, 3.05) is 5.32 Å². The number of imide groups is 1. The summed E-state index contributed by atoms with van der Waals surface area (Å²) in [6.45, 7) is 1.67. The highest BCUT2D eigenvalue weighted by Gasteiger charge is 2.45. The number of nitrogens with zero attached hydrogens (tertiary/aromatic N) is 2. The van der Waals surface area contributed by atoms with E-state index in [0.29, 0.717) is 16.4 Å². The molecule has 0 radical (unpaired) electrons. The molecule has 3 aromatic rings. The lowest BCUT2D eigenvalue weighted by Crippen LogP contribution is -2.48. The summed E-state index contributed by atoms with van der Waals surface area (Å²) in [7, 11) is 0. The fourth-order valence-electron chi connectivity index (χ4n) is 3.24. The van der Waals surface area contributed by atoms with Crippen LogP contribution in [0.1, 0.15) is 33.2 Å². The molecule has 8 heteroatoms. The third kappa shape index (κ3) is 4.19. The van der Waals surface area contributed by atoms with Gasteiger partial charge in [0.1, 0.15) is 12.4 Å². The molecule has 1 unspecified atom stereocenters. The van der Waals surface area contributed by atoms with Crippen molar-refractivity contribution in [2.24, 2.45) is 0 Å². The second-order valence-corrected chi connectivity index (χ2v) is 7.01. The van der Waals surface area contributed by atoms with Crippen molar-refractivity contribution in [2.45, 2.75) is 19.4 Å². The van der Waals surface area contributed by atoms with E-state index in [1.165, 1.54) is 30.3 Å². The summed E-state index contributed by atoms with van der Waals surface area (Å²) in [6.07, 6.45) is 0. The molecule has 3 amide bonds. The van der Waals surface area contributed by atoms with Gasteiger partial charge in [0.25, 0.3) is 11.8 Å².